The van der Waals surface area contributed by atoms with Crippen LogP contribution in [-0.2, 0) is 13.0 Å². The van der Waals surface area contributed by atoms with Gasteiger partial charge in [-0.25, -0.2) is 4.68 Å². The van der Waals surface area contributed by atoms with Gasteiger partial charge in [0.25, 0.3) is 0 Å². The Balaban J connectivity index is 1.81. The molecule has 3 rings (SSSR count). The number of hydrogen-bond donors (Lipinski definition) is 1. The quantitative estimate of drug-likeness (QED) is 0.632. The molecule has 0 amide bonds. The Labute approximate surface area is 95.4 Å². The van der Waals surface area contributed by atoms with Crippen LogP contribution in [0.5, 0.6) is 0 Å². The predicted molar refractivity (Wildman–Crippen MR) is 56.2 cm³/mol. The third-order valence-corrected chi connectivity index (χ3v) is 2.51. The van der Waals surface area contributed by atoms with Crippen LogP contribution < -0.4 is 0 Å². The van der Waals surface area contributed by atoms with Crippen molar-refractivity contribution in [1.29, 1.82) is 0 Å². The summed E-state index contributed by atoms with van der Waals surface area (Å²) in [4.78, 5) is 0.764. The van der Waals surface area contributed by atoms with E-state index >= 15 is 0 Å². The molecule has 0 fully saturated rings. The number of benzene rings is 1. The normalized spacial score (nSPS) is 11.1. The van der Waals surface area contributed by atoms with Gasteiger partial charge < -0.3 is 5.21 Å². The molecular formula is C9H9N7O. The Morgan fingerprint density at radius 1 is 1.24 bits per heavy atom. The first-order valence-corrected chi connectivity index (χ1v) is 5.07. The fraction of sp³-hybridized carbons (Fsp3) is 0.222. The summed E-state index contributed by atoms with van der Waals surface area (Å²) in [6.45, 7) is 0.700. The average Bonchev–Trinajstić information content (AvgIpc) is 2.97. The molecule has 0 unspecified atom stereocenters. The van der Waals surface area contributed by atoms with Gasteiger partial charge in [-0.15, -0.1) is 10.2 Å². The van der Waals surface area contributed by atoms with Gasteiger partial charge in [0.05, 0.1) is 0 Å². The lowest BCUT2D eigenvalue weighted by Gasteiger charge is -2.00. The molecule has 2 heterocycles. The molecule has 0 aliphatic rings. The molecular weight excluding hydrogens is 222 g/mol. The van der Waals surface area contributed by atoms with Gasteiger partial charge in [-0.1, -0.05) is 10.9 Å². The number of rotatable bonds is 3. The fourth-order valence-electron chi connectivity index (χ4n) is 1.64. The van der Waals surface area contributed by atoms with Crippen molar-refractivity contribution in [3.63, 3.8) is 0 Å². The lowest BCUT2D eigenvalue weighted by atomic mass is 10.1. The molecule has 0 aliphatic carbocycles. The standard InChI is InChI=1S/C9H9N7O/c17-16-9-2-1-7(5-8(9)11-13-16)3-4-15-6-10-12-14-15/h1-2,5-6,17H,3-4H2. The van der Waals surface area contributed by atoms with Crippen LogP contribution in [0, 0.1) is 0 Å². The van der Waals surface area contributed by atoms with Crippen LogP contribution in [-0.4, -0.2) is 40.6 Å². The van der Waals surface area contributed by atoms with Gasteiger partial charge in [0.1, 0.15) is 17.4 Å². The van der Waals surface area contributed by atoms with Crippen molar-refractivity contribution in [1.82, 2.24) is 35.4 Å². The van der Waals surface area contributed by atoms with Crippen LogP contribution in [0.1, 0.15) is 5.56 Å². The van der Waals surface area contributed by atoms with Crippen molar-refractivity contribution >= 4 is 11.0 Å². The summed E-state index contributed by atoms with van der Waals surface area (Å²) in [7, 11) is 0. The number of nitrogens with zero attached hydrogens (tertiary/aromatic N) is 7. The average molecular weight is 231 g/mol. The Hall–Kier alpha value is -2.51. The molecule has 0 saturated carbocycles. The van der Waals surface area contributed by atoms with Gasteiger partial charge in [-0.05, 0) is 39.8 Å². The number of fused-ring (bicyclic) bond motifs is 1. The van der Waals surface area contributed by atoms with Crippen molar-refractivity contribution < 1.29 is 5.21 Å². The Bertz CT molecular complexity index is 630. The van der Waals surface area contributed by atoms with Crippen molar-refractivity contribution in [3.8, 4) is 0 Å². The zero-order valence-electron chi connectivity index (χ0n) is 8.80. The topological polar surface area (TPSA) is 94.5 Å². The first-order valence-electron chi connectivity index (χ1n) is 5.07. The number of tetrazole rings is 1. The maximum atomic E-state index is 9.29. The van der Waals surface area contributed by atoms with Crippen LogP contribution in [0.2, 0.25) is 0 Å². The van der Waals surface area contributed by atoms with Gasteiger partial charge in [-0.3, -0.25) is 0 Å². The van der Waals surface area contributed by atoms with Gasteiger partial charge in [0, 0.05) is 6.54 Å². The third-order valence-electron chi connectivity index (χ3n) is 2.51. The second-order valence-corrected chi connectivity index (χ2v) is 3.62. The number of hydrogen-bond acceptors (Lipinski definition) is 6. The molecule has 17 heavy (non-hydrogen) atoms. The molecule has 3 aromatic rings. The largest absolute Gasteiger partial charge is 0.410 e. The van der Waals surface area contributed by atoms with E-state index in [1.807, 2.05) is 12.1 Å². The van der Waals surface area contributed by atoms with E-state index in [4.69, 9.17) is 0 Å². The molecule has 2 aromatic heterocycles. The van der Waals surface area contributed by atoms with Crippen LogP contribution in [0.4, 0.5) is 0 Å². The van der Waals surface area contributed by atoms with E-state index in [0.717, 1.165) is 16.8 Å². The Morgan fingerprint density at radius 2 is 2.18 bits per heavy atom. The maximum Gasteiger partial charge on any atom is 0.138 e. The first kappa shape index (κ1) is 9.70. The summed E-state index contributed by atoms with van der Waals surface area (Å²) in [5, 5.41) is 27.6. The molecule has 0 radical (unpaired) electrons. The summed E-state index contributed by atoms with van der Waals surface area (Å²) >= 11 is 0. The minimum absolute atomic E-state index is 0.594. The van der Waals surface area contributed by atoms with E-state index in [1.165, 1.54) is 0 Å². The SMILES string of the molecule is On1nnc2cc(CCn3cnnn3)ccc21. The van der Waals surface area contributed by atoms with Crippen molar-refractivity contribution in [3.05, 3.63) is 30.1 Å². The lowest BCUT2D eigenvalue weighted by molar-refractivity contribution is 0.155. The highest BCUT2D eigenvalue weighted by molar-refractivity contribution is 5.74. The second kappa shape index (κ2) is 3.81. The molecule has 0 aliphatic heterocycles. The second-order valence-electron chi connectivity index (χ2n) is 3.62. The van der Waals surface area contributed by atoms with E-state index in [-0.39, 0.29) is 0 Å². The Kier molecular flexibility index (Phi) is 2.18. The van der Waals surface area contributed by atoms with E-state index < -0.39 is 0 Å². The highest BCUT2D eigenvalue weighted by Gasteiger charge is 2.04. The summed E-state index contributed by atoms with van der Waals surface area (Å²) in [5.74, 6) is 0. The highest BCUT2D eigenvalue weighted by Crippen LogP contribution is 2.12. The van der Waals surface area contributed by atoms with Gasteiger partial charge in [0.2, 0.25) is 0 Å². The molecule has 86 valence electrons. The molecule has 0 saturated heterocycles. The van der Waals surface area contributed by atoms with E-state index in [9.17, 15) is 5.21 Å². The van der Waals surface area contributed by atoms with Crippen molar-refractivity contribution in [2.45, 2.75) is 13.0 Å². The number of aromatic nitrogens is 7. The minimum Gasteiger partial charge on any atom is -0.410 e. The van der Waals surface area contributed by atoms with E-state index in [1.54, 1.807) is 17.1 Å². The summed E-state index contributed by atoms with van der Waals surface area (Å²) in [5.41, 5.74) is 2.35. The zero-order chi connectivity index (χ0) is 11.7. The molecule has 0 atom stereocenters. The molecule has 8 heteroatoms. The molecule has 0 spiro atoms. The van der Waals surface area contributed by atoms with Crippen molar-refractivity contribution in [2.75, 3.05) is 0 Å². The maximum absolute atomic E-state index is 9.29. The number of aryl methyl sites for hydroxylation is 2. The van der Waals surface area contributed by atoms with Gasteiger partial charge in [-0.2, -0.15) is 0 Å². The molecule has 1 N–H and O–H groups in total. The minimum atomic E-state index is 0.594. The predicted octanol–water partition coefficient (Wildman–Crippen LogP) is -0.102. The van der Waals surface area contributed by atoms with Crippen LogP contribution in [0.3, 0.4) is 0 Å². The monoisotopic (exact) mass is 231 g/mol. The van der Waals surface area contributed by atoms with E-state index in [2.05, 4.69) is 25.8 Å². The summed E-state index contributed by atoms with van der Waals surface area (Å²) < 4.78 is 1.66. The van der Waals surface area contributed by atoms with Crippen molar-refractivity contribution in [2.24, 2.45) is 0 Å². The highest BCUT2D eigenvalue weighted by atomic mass is 16.5. The first-order chi connectivity index (χ1) is 8.33. The third kappa shape index (κ3) is 1.80. The summed E-state index contributed by atoms with van der Waals surface area (Å²) in [6, 6.07) is 5.59. The fourth-order valence-corrected chi connectivity index (χ4v) is 1.64. The lowest BCUT2D eigenvalue weighted by Crippen LogP contribution is -2.02. The smallest absolute Gasteiger partial charge is 0.138 e. The zero-order valence-corrected chi connectivity index (χ0v) is 8.80. The van der Waals surface area contributed by atoms with Gasteiger partial charge in [0.15, 0.2) is 0 Å². The van der Waals surface area contributed by atoms with E-state index in [0.29, 0.717) is 17.6 Å². The Morgan fingerprint density at radius 3 is 3.00 bits per heavy atom. The van der Waals surface area contributed by atoms with Crippen LogP contribution in [0.25, 0.3) is 11.0 Å². The molecule has 0 bridgehead atoms. The van der Waals surface area contributed by atoms with Crippen LogP contribution in [0.15, 0.2) is 24.5 Å². The molecule has 8 nitrogen and oxygen atoms in total. The molecule has 1 aromatic carbocycles. The van der Waals surface area contributed by atoms with Crippen LogP contribution >= 0.6 is 0 Å². The summed E-state index contributed by atoms with van der Waals surface area (Å²) in [6.07, 6.45) is 2.36. The van der Waals surface area contributed by atoms with Gasteiger partial charge >= 0.3 is 0 Å².